The first-order valence-corrected chi connectivity index (χ1v) is 13.2. The van der Waals surface area contributed by atoms with Crippen LogP contribution in [0, 0.1) is 11.8 Å². The fourth-order valence-electron chi connectivity index (χ4n) is 4.03. The fourth-order valence-corrected chi connectivity index (χ4v) is 4.71. The van der Waals surface area contributed by atoms with Gasteiger partial charge in [-0.2, -0.15) is 16.0 Å². The van der Waals surface area contributed by atoms with Crippen molar-refractivity contribution in [1.82, 2.24) is 20.3 Å². The van der Waals surface area contributed by atoms with Gasteiger partial charge in [-0.15, -0.1) is 5.10 Å². The van der Waals surface area contributed by atoms with Gasteiger partial charge in [0, 0.05) is 23.8 Å². The molecule has 1 atom stereocenters. The lowest BCUT2D eigenvalue weighted by Crippen LogP contribution is -2.46. The third-order valence-electron chi connectivity index (χ3n) is 6.15. The molecule has 1 fully saturated rings. The van der Waals surface area contributed by atoms with Gasteiger partial charge in [-0.05, 0) is 77.5 Å². The predicted molar refractivity (Wildman–Crippen MR) is 144 cm³/mol. The van der Waals surface area contributed by atoms with Crippen molar-refractivity contribution < 1.29 is 14.4 Å². The Labute approximate surface area is 218 Å². The molecule has 1 aliphatic carbocycles. The first-order chi connectivity index (χ1) is 17.9. The molecule has 1 saturated carbocycles. The number of carbonyl (C=O) groups excluding carboxylic acids is 3. The number of fused-ring (bicyclic) bond motifs is 1. The van der Waals surface area contributed by atoms with E-state index in [-0.39, 0.29) is 23.7 Å². The van der Waals surface area contributed by atoms with Gasteiger partial charge in [0.2, 0.25) is 11.8 Å². The Bertz CT molecular complexity index is 1410. The molecule has 0 aliphatic heterocycles. The lowest BCUT2D eigenvalue weighted by molar-refractivity contribution is -0.122. The Morgan fingerprint density at radius 2 is 1.84 bits per heavy atom. The highest BCUT2D eigenvalue weighted by Gasteiger charge is 2.35. The van der Waals surface area contributed by atoms with Gasteiger partial charge in [-0.3, -0.25) is 14.5 Å². The number of rotatable bonds is 8. The van der Waals surface area contributed by atoms with Crippen LogP contribution in [-0.2, 0) is 9.59 Å². The Morgan fingerprint density at radius 3 is 2.51 bits per heavy atom. The third-order valence-corrected chi connectivity index (χ3v) is 6.85. The second-order valence-corrected chi connectivity index (χ2v) is 10.3. The largest absolute Gasteiger partial charge is 0.354 e. The summed E-state index contributed by atoms with van der Waals surface area (Å²) in [4.78, 5) is 41.3. The predicted octanol–water partition coefficient (Wildman–Crippen LogP) is 4.83. The fraction of sp³-hybridized carbons (Fsp3) is 0.296. The number of hydrogen-bond acceptors (Lipinski definition) is 6. The van der Waals surface area contributed by atoms with Crippen LogP contribution < -0.4 is 15.5 Å². The molecular formula is C27H28N6O3S. The van der Waals surface area contributed by atoms with E-state index in [0.29, 0.717) is 34.5 Å². The molecule has 2 N–H and O–H groups in total. The van der Waals surface area contributed by atoms with E-state index in [9.17, 15) is 14.4 Å². The summed E-state index contributed by atoms with van der Waals surface area (Å²) in [6.07, 6.45) is 1.82. The smallest absolute Gasteiger partial charge is 0.352 e. The summed E-state index contributed by atoms with van der Waals surface area (Å²) in [5, 5.41) is 17.9. The van der Waals surface area contributed by atoms with Crippen molar-refractivity contribution in [2.24, 2.45) is 11.8 Å². The second-order valence-electron chi connectivity index (χ2n) is 9.55. The maximum atomic E-state index is 14.1. The van der Waals surface area contributed by atoms with Gasteiger partial charge >= 0.3 is 6.03 Å². The van der Waals surface area contributed by atoms with E-state index < -0.39 is 12.1 Å². The molecule has 0 bridgehead atoms. The van der Waals surface area contributed by atoms with Crippen molar-refractivity contribution in [2.75, 3.05) is 16.8 Å². The van der Waals surface area contributed by atoms with Crippen LogP contribution in [0.2, 0.25) is 0 Å². The van der Waals surface area contributed by atoms with Crippen molar-refractivity contribution >= 4 is 51.6 Å². The SMILES string of the molecule is CC(C)CNC(=O)C(c1ccsc1)N(C(=O)n1nnc2ccccc21)c1ccc(NC(=O)C2CC2)cc1. The van der Waals surface area contributed by atoms with Crippen LogP contribution in [0.1, 0.15) is 38.3 Å². The average molecular weight is 517 g/mol. The summed E-state index contributed by atoms with van der Waals surface area (Å²) in [5.41, 5.74) is 2.93. The number of carbonyl (C=O) groups is 3. The first-order valence-electron chi connectivity index (χ1n) is 12.3. The zero-order valence-corrected chi connectivity index (χ0v) is 21.4. The van der Waals surface area contributed by atoms with Crippen LogP contribution in [0.3, 0.4) is 0 Å². The van der Waals surface area contributed by atoms with E-state index in [1.54, 1.807) is 36.4 Å². The van der Waals surface area contributed by atoms with Gasteiger partial charge in [-0.25, -0.2) is 4.79 Å². The number of aromatic nitrogens is 3. The molecule has 0 spiro atoms. The van der Waals surface area contributed by atoms with E-state index >= 15 is 0 Å². The molecule has 37 heavy (non-hydrogen) atoms. The third kappa shape index (κ3) is 5.39. The van der Waals surface area contributed by atoms with Crippen molar-refractivity contribution in [2.45, 2.75) is 32.7 Å². The maximum Gasteiger partial charge on any atom is 0.352 e. The summed E-state index contributed by atoms with van der Waals surface area (Å²) in [6.45, 7) is 4.50. The number of nitrogens with one attached hydrogen (secondary N) is 2. The molecule has 1 unspecified atom stereocenters. The van der Waals surface area contributed by atoms with Crippen LogP contribution >= 0.6 is 11.3 Å². The van der Waals surface area contributed by atoms with Crippen molar-refractivity contribution in [3.63, 3.8) is 0 Å². The number of thiophene rings is 1. The van der Waals surface area contributed by atoms with E-state index in [1.165, 1.54) is 20.9 Å². The molecule has 2 heterocycles. The van der Waals surface area contributed by atoms with Crippen LogP contribution in [0.5, 0.6) is 0 Å². The van der Waals surface area contributed by atoms with Crippen molar-refractivity contribution in [3.05, 3.63) is 70.9 Å². The van der Waals surface area contributed by atoms with Crippen molar-refractivity contribution in [1.29, 1.82) is 0 Å². The van der Waals surface area contributed by atoms with E-state index in [4.69, 9.17) is 0 Å². The maximum absolute atomic E-state index is 14.1. The Hall–Kier alpha value is -4.05. The Balaban J connectivity index is 1.56. The Kier molecular flexibility index (Phi) is 7.00. The monoisotopic (exact) mass is 516 g/mol. The molecule has 4 aromatic rings. The van der Waals surface area contributed by atoms with Gasteiger partial charge in [0.1, 0.15) is 11.6 Å². The molecule has 0 saturated heterocycles. The minimum atomic E-state index is -0.938. The summed E-state index contributed by atoms with van der Waals surface area (Å²) in [6, 6.07) is 14.5. The molecule has 1 aliphatic rings. The number of amides is 3. The van der Waals surface area contributed by atoms with Gasteiger partial charge < -0.3 is 10.6 Å². The summed E-state index contributed by atoms with van der Waals surface area (Å²) < 4.78 is 1.22. The molecule has 3 amide bonds. The second kappa shape index (κ2) is 10.5. The van der Waals surface area contributed by atoms with E-state index in [0.717, 1.165) is 12.8 Å². The lowest BCUT2D eigenvalue weighted by atomic mass is 10.1. The normalized spacial score (nSPS) is 13.9. The minimum absolute atomic E-state index is 0.000944. The number of hydrogen-bond donors (Lipinski definition) is 2. The topological polar surface area (TPSA) is 109 Å². The van der Waals surface area contributed by atoms with E-state index in [2.05, 4.69) is 20.9 Å². The van der Waals surface area contributed by atoms with Crippen LogP contribution in [0.25, 0.3) is 11.0 Å². The van der Waals surface area contributed by atoms with E-state index in [1.807, 2.05) is 42.8 Å². The molecule has 190 valence electrons. The molecule has 2 aromatic carbocycles. The van der Waals surface area contributed by atoms with Crippen LogP contribution in [0.4, 0.5) is 16.2 Å². The van der Waals surface area contributed by atoms with Gasteiger partial charge in [-0.1, -0.05) is 31.2 Å². The highest BCUT2D eigenvalue weighted by atomic mass is 32.1. The summed E-state index contributed by atoms with van der Waals surface area (Å²) in [7, 11) is 0. The zero-order chi connectivity index (χ0) is 25.9. The van der Waals surface area contributed by atoms with Crippen molar-refractivity contribution in [3.8, 4) is 0 Å². The molecule has 0 radical (unpaired) electrons. The summed E-state index contributed by atoms with van der Waals surface area (Å²) in [5.74, 6) is 0.0192. The van der Waals surface area contributed by atoms with Crippen LogP contribution in [-0.4, -0.2) is 39.4 Å². The lowest BCUT2D eigenvalue weighted by Gasteiger charge is -2.30. The number of para-hydroxylation sites is 1. The zero-order valence-electron chi connectivity index (χ0n) is 20.6. The number of nitrogens with zero attached hydrogens (tertiary/aromatic N) is 4. The standard InChI is InChI=1S/C27H28N6O3S/c1-17(2)15-28-26(35)24(19-13-14-37-16-19)32(27(36)33-23-6-4-3-5-22(23)30-31-33)21-11-9-20(10-12-21)29-25(34)18-7-8-18/h3-6,9-14,16-18,24H,7-8,15H2,1-2H3,(H,28,35)(H,29,34). The molecule has 10 heteroatoms. The molecule has 2 aromatic heterocycles. The van der Waals surface area contributed by atoms with Gasteiger partial charge in [0.15, 0.2) is 0 Å². The molecule has 5 rings (SSSR count). The first kappa shape index (κ1) is 24.6. The Morgan fingerprint density at radius 1 is 1.08 bits per heavy atom. The number of anilines is 2. The summed E-state index contributed by atoms with van der Waals surface area (Å²) >= 11 is 1.45. The highest BCUT2D eigenvalue weighted by molar-refractivity contribution is 7.08. The highest BCUT2D eigenvalue weighted by Crippen LogP contribution is 2.33. The van der Waals surface area contributed by atoms with Gasteiger partial charge in [0.05, 0.1) is 5.52 Å². The molecular weight excluding hydrogens is 488 g/mol. The molecule has 9 nitrogen and oxygen atoms in total. The van der Waals surface area contributed by atoms with Crippen LogP contribution in [0.15, 0.2) is 65.4 Å². The quantitative estimate of drug-likeness (QED) is 0.349. The minimum Gasteiger partial charge on any atom is -0.354 e. The van der Waals surface area contributed by atoms with Gasteiger partial charge in [0.25, 0.3) is 0 Å². The average Bonchev–Trinajstić information content (AvgIpc) is 3.44. The number of benzene rings is 2.